The lowest BCUT2D eigenvalue weighted by molar-refractivity contribution is -0.118. The van der Waals surface area contributed by atoms with E-state index in [0.29, 0.717) is 11.7 Å². The Morgan fingerprint density at radius 3 is 2.42 bits per heavy atom. The highest BCUT2D eigenvalue weighted by atomic mass is 32.2. The highest BCUT2D eigenvalue weighted by Crippen LogP contribution is 2.15. The van der Waals surface area contributed by atoms with Gasteiger partial charge in [-0.1, -0.05) is 43.2 Å². The van der Waals surface area contributed by atoms with E-state index in [4.69, 9.17) is 0 Å². The van der Waals surface area contributed by atoms with Gasteiger partial charge in [0, 0.05) is 12.3 Å². The molecule has 1 aromatic rings. The van der Waals surface area contributed by atoms with Gasteiger partial charge in [-0.25, -0.2) is 0 Å². The van der Waals surface area contributed by atoms with E-state index in [-0.39, 0.29) is 5.91 Å². The summed E-state index contributed by atoms with van der Waals surface area (Å²) in [6.45, 7) is 9.35. The molecule has 1 aromatic carbocycles. The first kappa shape index (κ1) is 16.1. The molecule has 0 saturated heterocycles. The van der Waals surface area contributed by atoms with Crippen LogP contribution in [-0.2, 0) is 10.5 Å². The minimum Gasteiger partial charge on any atom is -0.355 e. The zero-order chi connectivity index (χ0) is 14.3. The number of rotatable bonds is 7. The van der Waals surface area contributed by atoms with Gasteiger partial charge in [-0.3, -0.25) is 4.79 Å². The topological polar surface area (TPSA) is 29.1 Å². The van der Waals surface area contributed by atoms with E-state index in [9.17, 15) is 4.79 Å². The largest absolute Gasteiger partial charge is 0.355 e. The molecule has 0 unspecified atom stereocenters. The standard InChI is InChI=1S/C16H25NOS/c1-12(2)5-6-17-16(18)11-19-10-15-8-13(3)7-14(4)9-15/h7-9,12H,5-6,10-11H2,1-4H3,(H,17,18). The number of amides is 1. The third kappa shape index (κ3) is 7.26. The Balaban J connectivity index is 2.24. The maximum atomic E-state index is 11.6. The molecule has 0 atom stereocenters. The Morgan fingerprint density at radius 2 is 1.84 bits per heavy atom. The van der Waals surface area contributed by atoms with Gasteiger partial charge >= 0.3 is 0 Å². The number of carbonyl (C=O) groups is 1. The lowest BCUT2D eigenvalue weighted by Crippen LogP contribution is -2.26. The Kier molecular flexibility index (Phi) is 7.00. The second-order valence-corrected chi connectivity index (χ2v) is 6.51. The van der Waals surface area contributed by atoms with Crippen molar-refractivity contribution in [3.63, 3.8) is 0 Å². The van der Waals surface area contributed by atoms with Crippen molar-refractivity contribution in [2.75, 3.05) is 12.3 Å². The van der Waals surface area contributed by atoms with Crippen molar-refractivity contribution in [1.82, 2.24) is 5.32 Å². The maximum absolute atomic E-state index is 11.6. The van der Waals surface area contributed by atoms with Crippen LogP contribution in [0.5, 0.6) is 0 Å². The van der Waals surface area contributed by atoms with Crippen LogP contribution in [0.15, 0.2) is 18.2 Å². The summed E-state index contributed by atoms with van der Waals surface area (Å²) in [5, 5.41) is 2.96. The zero-order valence-corrected chi connectivity index (χ0v) is 13.3. The van der Waals surface area contributed by atoms with Gasteiger partial charge in [-0.15, -0.1) is 11.8 Å². The number of aryl methyl sites for hydroxylation is 2. The molecule has 1 rings (SSSR count). The molecule has 0 fully saturated rings. The van der Waals surface area contributed by atoms with Crippen LogP contribution in [0, 0.1) is 19.8 Å². The van der Waals surface area contributed by atoms with E-state index in [2.05, 4.69) is 51.2 Å². The summed E-state index contributed by atoms with van der Waals surface area (Å²) in [6, 6.07) is 6.56. The molecule has 0 aliphatic rings. The predicted octanol–water partition coefficient (Wildman–Crippen LogP) is 3.70. The first-order chi connectivity index (χ1) is 8.97. The maximum Gasteiger partial charge on any atom is 0.230 e. The van der Waals surface area contributed by atoms with Crippen molar-refractivity contribution in [2.45, 2.75) is 39.9 Å². The number of thioether (sulfide) groups is 1. The molecule has 3 heteroatoms. The van der Waals surface area contributed by atoms with Gasteiger partial charge < -0.3 is 5.32 Å². The van der Waals surface area contributed by atoms with Gasteiger partial charge in [0.15, 0.2) is 0 Å². The van der Waals surface area contributed by atoms with Crippen molar-refractivity contribution < 1.29 is 4.79 Å². The molecule has 19 heavy (non-hydrogen) atoms. The normalized spacial score (nSPS) is 10.8. The summed E-state index contributed by atoms with van der Waals surface area (Å²) >= 11 is 1.68. The third-order valence-corrected chi connectivity index (χ3v) is 3.83. The average Bonchev–Trinajstić information content (AvgIpc) is 2.27. The lowest BCUT2D eigenvalue weighted by atomic mass is 10.1. The van der Waals surface area contributed by atoms with Crippen molar-refractivity contribution in [1.29, 1.82) is 0 Å². The molecule has 0 spiro atoms. The fraction of sp³-hybridized carbons (Fsp3) is 0.562. The van der Waals surface area contributed by atoms with Crippen molar-refractivity contribution >= 4 is 17.7 Å². The summed E-state index contributed by atoms with van der Waals surface area (Å²) in [6.07, 6.45) is 1.05. The molecule has 2 nitrogen and oxygen atoms in total. The van der Waals surface area contributed by atoms with E-state index in [1.54, 1.807) is 11.8 Å². The number of hydrogen-bond acceptors (Lipinski definition) is 2. The van der Waals surface area contributed by atoms with Gasteiger partial charge in [0.1, 0.15) is 0 Å². The molecular weight excluding hydrogens is 254 g/mol. The molecule has 106 valence electrons. The first-order valence-electron chi connectivity index (χ1n) is 6.89. The lowest BCUT2D eigenvalue weighted by Gasteiger charge is -2.08. The van der Waals surface area contributed by atoms with Crippen LogP contribution in [-0.4, -0.2) is 18.2 Å². The second kappa shape index (κ2) is 8.26. The molecule has 0 aliphatic heterocycles. The van der Waals surface area contributed by atoms with E-state index < -0.39 is 0 Å². The van der Waals surface area contributed by atoms with Crippen LogP contribution in [0.25, 0.3) is 0 Å². The first-order valence-corrected chi connectivity index (χ1v) is 8.04. The molecule has 0 radical (unpaired) electrons. The highest BCUT2D eigenvalue weighted by Gasteiger charge is 2.03. The summed E-state index contributed by atoms with van der Waals surface area (Å²) < 4.78 is 0. The minimum atomic E-state index is 0.148. The van der Waals surface area contributed by atoms with E-state index in [0.717, 1.165) is 18.7 Å². The molecule has 0 heterocycles. The van der Waals surface area contributed by atoms with Crippen molar-refractivity contribution in [3.8, 4) is 0 Å². The number of hydrogen-bond donors (Lipinski definition) is 1. The summed E-state index contributed by atoms with van der Waals surface area (Å²) in [5.41, 5.74) is 3.88. The van der Waals surface area contributed by atoms with Crippen LogP contribution in [0.2, 0.25) is 0 Å². The van der Waals surface area contributed by atoms with Gasteiger partial charge in [-0.2, -0.15) is 0 Å². The van der Waals surface area contributed by atoms with Gasteiger partial charge in [0.25, 0.3) is 0 Å². The number of benzene rings is 1. The summed E-state index contributed by atoms with van der Waals surface area (Å²) in [4.78, 5) is 11.6. The molecule has 0 aliphatic carbocycles. The molecular formula is C16H25NOS. The Morgan fingerprint density at radius 1 is 1.21 bits per heavy atom. The number of carbonyl (C=O) groups excluding carboxylic acids is 1. The molecule has 1 amide bonds. The SMILES string of the molecule is Cc1cc(C)cc(CSCC(=O)NCCC(C)C)c1. The zero-order valence-electron chi connectivity index (χ0n) is 12.5. The molecule has 1 N–H and O–H groups in total. The van der Waals surface area contributed by atoms with E-state index in [1.807, 2.05) is 0 Å². The van der Waals surface area contributed by atoms with E-state index in [1.165, 1.54) is 16.7 Å². The molecule has 0 aromatic heterocycles. The van der Waals surface area contributed by atoms with Crippen LogP contribution >= 0.6 is 11.8 Å². The summed E-state index contributed by atoms with van der Waals surface area (Å²) in [5.74, 6) is 2.24. The second-order valence-electron chi connectivity index (χ2n) is 5.52. The third-order valence-electron chi connectivity index (χ3n) is 2.83. The fourth-order valence-electron chi connectivity index (χ4n) is 1.97. The minimum absolute atomic E-state index is 0.148. The molecule has 0 bridgehead atoms. The monoisotopic (exact) mass is 279 g/mol. The van der Waals surface area contributed by atoms with Gasteiger partial charge in [-0.05, 0) is 31.7 Å². The smallest absolute Gasteiger partial charge is 0.230 e. The summed E-state index contributed by atoms with van der Waals surface area (Å²) in [7, 11) is 0. The Hall–Kier alpha value is -0.960. The van der Waals surface area contributed by atoms with Crippen LogP contribution in [0.3, 0.4) is 0 Å². The van der Waals surface area contributed by atoms with Gasteiger partial charge in [0.2, 0.25) is 5.91 Å². The van der Waals surface area contributed by atoms with Crippen LogP contribution < -0.4 is 5.32 Å². The van der Waals surface area contributed by atoms with Gasteiger partial charge in [0.05, 0.1) is 5.75 Å². The number of nitrogens with one attached hydrogen (secondary N) is 1. The average molecular weight is 279 g/mol. The molecule has 0 saturated carbocycles. The van der Waals surface area contributed by atoms with Crippen LogP contribution in [0.1, 0.15) is 37.0 Å². The highest BCUT2D eigenvalue weighted by molar-refractivity contribution is 7.99. The van der Waals surface area contributed by atoms with Crippen molar-refractivity contribution in [2.24, 2.45) is 5.92 Å². The van der Waals surface area contributed by atoms with Crippen LogP contribution in [0.4, 0.5) is 0 Å². The fourth-order valence-corrected chi connectivity index (χ4v) is 2.76. The predicted molar refractivity (Wildman–Crippen MR) is 84.5 cm³/mol. The van der Waals surface area contributed by atoms with E-state index >= 15 is 0 Å². The Labute approximate surface area is 121 Å². The Bertz CT molecular complexity index is 395. The quantitative estimate of drug-likeness (QED) is 0.824. The van der Waals surface area contributed by atoms with Crippen molar-refractivity contribution in [3.05, 3.63) is 34.9 Å².